The van der Waals surface area contributed by atoms with Gasteiger partial charge in [0.05, 0.1) is 12.8 Å². The minimum atomic E-state index is 0.250. The van der Waals surface area contributed by atoms with Crippen LogP contribution >= 0.6 is 11.8 Å². The third kappa shape index (κ3) is 9.47. The zero-order chi connectivity index (χ0) is 27.0. The second-order valence-electron chi connectivity index (χ2n) is 8.39. The molecule has 0 aliphatic heterocycles. The van der Waals surface area contributed by atoms with Gasteiger partial charge in [0.2, 0.25) is 5.95 Å². The molecule has 4 N–H and O–H groups in total. The summed E-state index contributed by atoms with van der Waals surface area (Å²) in [5.74, 6) is 3.71. The van der Waals surface area contributed by atoms with Crippen LogP contribution in [-0.2, 0) is 28.9 Å². The van der Waals surface area contributed by atoms with Crippen molar-refractivity contribution in [2.75, 3.05) is 30.2 Å². The molecule has 0 radical (unpaired) electrons. The van der Waals surface area contributed by atoms with E-state index in [1.54, 1.807) is 7.11 Å². The molecule has 1 atom stereocenters. The fourth-order valence-electron chi connectivity index (χ4n) is 4.05. The van der Waals surface area contributed by atoms with Gasteiger partial charge in [-0.15, -0.1) is 10.2 Å². The molecular formula is C25H36N8O3S. The number of aromatic nitrogens is 6. The van der Waals surface area contributed by atoms with Crippen LogP contribution in [0.4, 0.5) is 11.8 Å². The van der Waals surface area contributed by atoms with E-state index in [2.05, 4.69) is 62.1 Å². The van der Waals surface area contributed by atoms with Crippen molar-refractivity contribution in [3.8, 4) is 5.75 Å². The number of methoxy groups -OCH3 is 1. The van der Waals surface area contributed by atoms with Gasteiger partial charge in [0.1, 0.15) is 11.6 Å². The highest BCUT2D eigenvalue weighted by Gasteiger charge is 2.19. The summed E-state index contributed by atoms with van der Waals surface area (Å²) in [6.07, 6.45) is 8.92. The second-order valence-corrected chi connectivity index (χ2v) is 9.37. The van der Waals surface area contributed by atoms with Crippen LogP contribution in [0, 0.1) is 0 Å². The van der Waals surface area contributed by atoms with Crippen molar-refractivity contribution in [1.29, 1.82) is 0 Å². The van der Waals surface area contributed by atoms with Gasteiger partial charge in [-0.2, -0.15) is 31.5 Å². The number of tetrazole rings is 1. The quantitative estimate of drug-likeness (QED) is 0.281. The SMILES string of the molecule is CCCC[C@@H](CCSC)Nc1nc(N)nc(CC)c1Cc1cc(Cc2nn[nH]n2)ccc1OC.O=C=O. The summed E-state index contributed by atoms with van der Waals surface area (Å²) in [6, 6.07) is 6.50. The Labute approximate surface area is 221 Å². The summed E-state index contributed by atoms with van der Waals surface area (Å²) in [5.41, 5.74) is 10.3. The number of rotatable bonds is 14. The first-order valence-electron chi connectivity index (χ1n) is 12.3. The number of unbranched alkanes of at least 4 members (excludes halogenated alkanes) is 1. The number of anilines is 2. The predicted octanol–water partition coefficient (Wildman–Crippen LogP) is 3.46. The van der Waals surface area contributed by atoms with Crippen LogP contribution in [0.15, 0.2) is 18.2 Å². The molecule has 200 valence electrons. The van der Waals surface area contributed by atoms with E-state index in [0.717, 1.165) is 59.0 Å². The molecule has 11 nitrogen and oxygen atoms in total. The predicted molar refractivity (Wildman–Crippen MR) is 144 cm³/mol. The molecule has 0 amide bonds. The molecule has 0 unspecified atom stereocenters. The van der Waals surface area contributed by atoms with E-state index in [0.29, 0.717) is 30.7 Å². The molecule has 0 aliphatic carbocycles. The van der Waals surface area contributed by atoms with E-state index >= 15 is 0 Å². The summed E-state index contributed by atoms with van der Waals surface area (Å²) in [6.45, 7) is 4.32. The molecule has 0 aliphatic rings. The van der Waals surface area contributed by atoms with Gasteiger partial charge in [0, 0.05) is 24.4 Å². The van der Waals surface area contributed by atoms with Gasteiger partial charge >= 0.3 is 6.15 Å². The fourth-order valence-corrected chi connectivity index (χ4v) is 4.57. The van der Waals surface area contributed by atoms with Crippen molar-refractivity contribution < 1.29 is 14.3 Å². The van der Waals surface area contributed by atoms with Gasteiger partial charge in [0.15, 0.2) is 5.82 Å². The first-order valence-corrected chi connectivity index (χ1v) is 13.7. The van der Waals surface area contributed by atoms with Crippen molar-refractivity contribution in [1.82, 2.24) is 30.6 Å². The van der Waals surface area contributed by atoms with Gasteiger partial charge < -0.3 is 15.8 Å². The number of carbonyl (C=O) groups excluding carboxylic acids is 2. The van der Waals surface area contributed by atoms with Crippen LogP contribution in [0.2, 0.25) is 0 Å². The third-order valence-electron chi connectivity index (χ3n) is 5.83. The topological polar surface area (TPSA) is 162 Å². The molecule has 0 saturated carbocycles. The summed E-state index contributed by atoms with van der Waals surface area (Å²) in [4.78, 5) is 25.5. The van der Waals surface area contributed by atoms with Crippen molar-refractivity contribution in [2.24, 2.45) is 0 Å². The van der Waals surface area contributed by atoms with Crippen molar-refractivity contribution in [2.45, 2.75) is 64.8 Å². The number of nitrogens with two attached hydrogens (primary N) is 1. The van der Waals surface area contributed by atoms with Crippen LogP contribution in [0.5, 0.6) is 5.75 Å². The maximum atomic E-state index is 8.12. The maximum Gasteiger partial charge on any atom is 0.373 e. The van der Waals surface area contributed by atoms with E-state index in [9.17, 15) is 0 Å². The summed E-state index contributed by atoms with van der Waals surface area (Å²) in [5, 5.41) is 18.0. The minimum Gasteiger partial charge on any atom is -0.496 e. The summed E-state index contributed by atoms with van der Waals surface area (Å²) < 4.78 is 5.69. The normalized spacial score (nSPS) is 11.2. The molecule has 12 heteroatoms. The van der Waals surface area contributed by atoms with Crippen LogP contribution in [0.25, 0.3) is 0 Å². The number of aryl methyl sites for hydroxylation is 1. The van der Waals surface area contributed by atoms with E-state index in [-0.39, 0.29) is 6.15 Å². The Morgan fingerprint density at radius 1 is 1.19 bits per heavy atom. The van der Waals surface area contributed by atoms with Gasteiger partial charge in [-0.05, 0) is 48.5 Å². The third-order valence-corrected chi connectivity index (χ3v) is 6.47. The lowest BCUT2D eigenvalue weighted by Crippen LogP contribution is -2.23. The van der Waals surface area contributed by atoms with Crippen LogP contribution in [-0.4, -0.2) is 61.9 Å². The van der Waals surface area contributed by atoms with Crippen molar-refractivity contribution in [3.05, 3.63) is 46.4 Å². The Balaban J connectivity index is 0.00000153. The number of H-pyrrole nitrogens is 1. The first-order chi connectivity index (χ1) is 18.0. The highest BCUT2D eigenvalue weighted by molar-refractivity contribution is 7.98. The average molecular weight is 529 g/mol. The number of nitrogen functional groups attached to an aromatic ring is 1. The minimum absolute atomic E-state index is 0.250. The average Bonchev–Trinajstić information content (AvgIpc) is 3.40. The molecule has 0 fully saturated rings. The number of nitrogens with zero attached hydrogens (tertiary/aromatic N) is 5. The van der Waals surface area contributed by atoms with E-state index in [1.165, 1.54) is 12.8 Å². The molecule has 3 rings (SSSR count). The van der Waals surface area contributed by atoms with Crippen LogP contribution in [0.3, 0.4) is 0 Å². The number of benzene rings is 1. The summed E-state index contributed by atoms with van der Waals surface area (Å²) in [7, 11) is 1.69. The molecule has 2 aromatic heterocycles. The van der Waals surface area contributed by atoms with Crippen molar-refractivity contribution in [3.63, 3.8) is 0 Å². The molecule has 3 aromatic rings. The molecule has 0 bridgehead atoms. The molecule has 1 aromatic carbocycles. The zero-order valence-corrected chi connectivity index (χ0v) is 22.7. The molecule has 37 heavy (non-hydrogen) atoms. The van der Waals surface area contributed by atoms with E-state index < -0.39 is 0 Å². The van der Waals surface area contributed by atoms with Crippen molar-refractivity contribution >= 4 is 29.7 Å². The van der Waals surface area contributed by atoms with Crippen LogP contribution < -0.4 is 15.8 Å². The molecule has 2 heterocycles. The number of thioether (sulfide) groups is 1. The maximum absolute atomic E-state index is 8.12. The molecule has 0 saturated heterocycles. The molecule has 0 spiro atoms. The van der Waals surface area contributed by atoms with E-state index in [1.807, 2.05) is 23.9 Å². The zero-order valence-electron chi connectivity index (χ0n) is 21.9. The lowest BCUT2D eigenvalue weighted by Gasteiger charge is -2.22. The molecular weight excluding hydrogens is 492 g/mol. The number of ether oxygens (including phenoxy) is 1. The lowest BCUT2D eigenvalue weighted by atomic mass is 9.98. The second kappa shape index (κ2) is 16.3. The lowest BCUT2D eigenvalue weighted by molar-refractivity contribution is -0.191. The Morgan fingerprint density at radius 2 is 1.97 bits per heavy atom. The van der Waals surface area contributed by atoms with Gasteiger partial charge in [-0.3, -0.25) is 0 Å². The van der Waals surface area contributed by atoms with Gasteiger partial charge in [-0.25, -0.2) is 4.98 Å². The number of hydrogen-bond donors (Lipinski definition) is 3. The fraction of sp³-hybridized carbons (Fsp3) is 0.520. The largest absolute Gasteiger partial charge is 0.496 e. The Kier molecular flexibility index (Phi) is 13.1. The Morgan fingerprint density at radius 3 is 2.59 bits per heavy atom. The number of nitrogens with one attached hydrogen (secondary N) is 2. The number of aromatic amines is 1. The smallest absolute Gasteiger partial charge is 0.373 e. The van der Waals surface area contributed by atoms with E-state index in [4.69, 9.17) is 20.1 Å². The summed E-state index contributed by atoms with van der Waals surface area (Å²) >= 11 is 1.87. The standard InChI is InChI=1S/C24H36N8OS.CO2/c1-5-7-8-18(11-12-34-4)26-23-19(20(6-2)27-24(25)28-23)15-17-13-16(9-10-21(17)33-3)14-22-29-31-32-30-22;2-1-3/h9-10,13,18H,5-8,11-12,14-15H2,1-4H3,(H3,25,26,27,28)(H,29,30,31,32);/t18-;/m0./s1. The highest BCUT2D eigenvalue weighted by Crippen LogP contribution is 2.29. The van der Waals surface area contributed by atoms with Crippen LogP contribution in [0.1, 0.15) is 67.7 Å². The highest BCUT2D eigenvalue weighted by atomic mass is 32.2. The van der Waals surface area contributed by atoms with Gasteiger partial charge in [-0.1, -0.05) is 44.0 Å². The Hall–Kier alpha value is -3.50. The number of hydrogen-bond acceptors (Lipinski definition) is 11. The monoisotopic (exact) mass is 528 g/mol. The Bertz CT molecular complexity index is 1110. The van der Waals surface area contributed by atoms with Gasteiger partial charge in [0.25, 0.3) is 0 Å². The first kappa shape index (κ1) is 29.7.